The Kier molecular flexibility index (Phi) is 4.93. The number of pyridine rings is 1. The van der Waals surface area contributed by atoms with Crippen molar-refractivity contribution in [2.24, 2.45) is 0 Å². The molecule has 0 spiro atoms. The summed E-state index contributed by atoms with van der Waals surface area (Å²) in [6, 6.07) is 9.39. The van der Waals surface area contributed by atoms with Crippen LogP contribution in [-0.4, -0.2) is 42.5 Å². The maximum Gasteiger partial charge on any atom is 0.270 e. The van der Waals surface area contributed by atoms with Gasteiger partial charge in [-0.1, -0.05) is 42.8 Å². The lowest BCUT2D eigenvalue weighted by molar-refractivity contribution is 0.0945. The van der Waals surface area contributed by atoms with Gasteiger partial charge in [0.25, 0.3) is 5.91 Å². The minimum Gasteiger partial charge on any atom is -0.349 e. The third-order valence-electron chi connectivity index (χ3n) is 3.25. The molecule has 0 saturated heterocycles. The lowest BCUT2D eigenvalue weighted by Crippen LogP contribution is -2.33. The van der Waals surface area contributed by atoms with Gasteiger partial charge in [-0.05, 0) is 25.0 Å². The summed E-state index contributed by atoms with van der Waals surface area (Å²) in [5.74, 6) is -0.192. The van der Waals surface area contributed by atoms with Gasteiger partial charge in [0, 0.05) is 18.5 Å². The molecule has 1 heterocycles. The highest BCUT2D eigenvalue weighted by Crippen LogP contribution is 2.22. The van der Waals surface area contributed by atoms with Crippen molar-refractivity contribution in [3.8, 4) is 0 Å². The summed E-state index contributed by atoms with van der Waals surface area (Å²) in [6.45, 7) is 4.43. The molecule has 0 saturated carbocycles. The number of nitrogens with zero attached hydrogens (tertiary/aromatic N) is 2. The topological polar surface area (TPSA) is 45.2 Å². The number of rotatable bonds is 5. The van der Waals surface area contributed by atoms with Gasteiger partial charge in [-0.25, -0.2) is 4.98 Å². The molecule has 0 aliphatic rings. The normalized spacial score (nSPS) is 11.0. The largest absolute Gasteiger partial charge is 0.349 e. The predicted molar refractivity (Wildman–Crippen MR) is 82.3 cm³/mol. The summed E-state index contributed by atoms with van der Waals surface area (Å²) in [6.07, 6.45) is 0. The molecule has 0 bridgehead atoms. The summed E-state index contributed by atoms with van der Waals surface area (Å²) >= 11 is 6.11. The molecule has 1 aromatic carbocycles. The third-order valence-corrected chi connectivity index (χ3v) is 3.53. The zero-order valence-electron chi connectivity index (χ0n) is 11.7. The van der Waals surface area contributed by atoms with Gasteiger partial charge in [0.2, 0.25) is 0 Å². The van der Waals surface area contributed by atoms with Crippen molar-refractivity contribution in [2.75, 3.05) is 26.7 Å². The molecule has 0 fully saturated rings. The first-order valence-electron chi connectivity index (χ1n) is 6.64. The fourth-order valence-electron chi connectivity index (χ4n) is 1.88. The van der Waals surface area contributed by atoms with Crippen LogP contribution in [0.1, 0.15) is 17.4 Å². The lowest BCUT2D eigenvalue weighted by Gasteiger charge is -2.14. The van der Waals surface area contributed by atoms with Gasteiger partial charge in [0.1, 0.15) is 10.8 Å². The van der Waals surface area contributed by atoms with E-state index in [4.69, 9.17) is 11.6 Å². The van der Waals surface area contributed by atoms with Crippen molar-refractivity contribution in [1.29, 1.82) is 0 Å². The molecular formula is C15H18ClN3O. The number of hydrogen-bond acceptors (Lipinski definition) is 3. The molecule has 0 aliphatic carbocycles. The molecule has 20 heavy (non-hydrogen) atoms. The SMILES string of the molecule is CCN(C)CCNC(=O)c1cc2ccccc2c(Cl)n1. The summed E-state index contributed by atoms with van der Waals surface area (Å²) in [5, 5.41) is 4.99. The van der Waals surface area contributed by atoms with Crippen molar-refractivity contribution in [2.45, 2.75) is 6.92 Å². The van der Waals surface area contributed by atoms with Crippen molar-refractivity contribution >= 4 is 28.3 Å². The average Bonchev–Trinajstić information content (AvgIpc) is 2.46. The Labute approximate surface area is 123 Å². The van der Waals surface area contributed by atoms with Crippen LogP contribution in [0.15, 0.2) is 30.3 Å². The van der Waals surface area contributed by atoms with E-state index in [1.807, 2.05) is 31.3 Å². The number of carbonyl (C=O) groups is 1. The quantitative estimate of drug-likeness (QED) is 0.861. The van der Waals surface area contributed by atoms with Crippen LogP contribution >= 0.6 is 11.6 Å². The Hall–Kier alpha value is -1.65. The Morgan fingerprint density at radius 2 is 2.15 bits per heavy atom. The highest BCUT2D eigenvalue weighted by Gasteiger charge is 2.10. The maximum absolute atomic E-state index is 12.1. The van der Waals surface area contributed by atoms with Crippen LogP contribution < -0.4 is 5.32 Å². The van der Waals surface area contributed by atoms with Crippen molar-refractivity contribution in [3.63, 3.8) is 0 Å². The summed E-state index contributed by atoms with van der Waals surface area (Å²) in [7, 11) is 2.01. The molecular weight excluding hydrogens is 274 g/mol. The monoisotopic (exact) mass is 291 g/mol. The number of nitrogens with one attached hydrogen (secondary N) is 1. The maximum atomic E-state index is 12.1. The molecule has 0 aliphatic heterocycles. The Balaban J connectivity index is 2.10. The van der Waals surface area contributed by atoms with E-state index in [1.165, 1.54) is 0 Å². The number of likely N-dealkylation sites (N-methyl/N-ethyl adjacent to an activating group) is 1. The molecule has 0 atom stereocenters. The van der Waals surface area contributed by atoms with E-state index in [9.17, 15) is 4.79 Å². The second kappa shape index (κ2) is 6.68. The molecule has 2 aromatic rings. The minimum absolute atomic E-state index is 0.192. The third kappa shape index (κ3) is 3.46. The smallest absolute Gasteiger partial charge is 0.270 e. The highest BCUT2D eigenvalue weighted by molar-refractivity contribution is 6.34. The molecule has 5 heteroatoms. The highest BCUT2D eigenvalue weighted by atomic mass is 35.5. The number of benzene rings is 1. The molecule has 1 aromatic heterocycles. The van der Waals surface area contributed by atoms with E-state index >= 15 is 0 Å². The van der Waals surface area contributed by atoms with Crippen molar-refractivity contribution in [1.82, 2.24) is 15.2 Å². The number of aromatic nitrogens is 1. The van der Waals surface area contributed by atoms with Crippen LogP contribution in [0, 0.1) is 0 Å². The molecule has 4 nitrogen and oxygen atoms in total. The Morgan fingerprint density at radius 1 is 1.40 bits per heavy atom. The zero-order chi connectivity index (χ0) is 14.5. The number of fused-ring (bicyclic) bond motifs is 1. The van der Waals surface area contributed by atoms with Gasteiger partial charge in [-0.3, -0.25) is 4.79 Å². The van der Waals surface area contributed by atoms with Gasteiger partial charge < -0.3 is 10.2 Å². The molecule has 106 valence electrons. The van der Waals surface area contributed by atoms with Crippen LogP contribution in [0.3, 0.4) is 0 Å². The average molecular weight is 292 g/mol. The zero-order valence-corrected chi connectivity index (χ0v) is 12.4. The number of halogens is 1. The number of amides is 1. The number of carbonyl (C=O) groups excluding carboxylic acids is 1. The Morgan fingerprint density at radius 3 is 2.90 bits per heavy atom. The lowest BCUT2D eigenvalue weighted by atomic mass is 10.1. The van der Waals surface area contributed by atoms with Crippen LogP contribution in [0.5, 0.6) is 0 Å². The van der Waals surface area contributed by atoms with Crippen LogP contribution in [0.4, 0.5) is 0 Å². The number of hydrogen-bond donors (Lipinski definition) is 1. The Bertz CT molecular complexity index is 615. The minimum atomic E-state index is -0.192. The van der Waals surface area contributed by atoms with E-state index in [-0.39, 0.29) is 5.91 Å². The molecule has 2 rings (SSSR count). The van der Waals surface area contributed by atoms with E-state index in [1.54, 1.807) is 6.07 Å². The summed E-state index contributed by atoms with van der Waals surface area (Å²) < 4.78 is 0. The van der Waals surface area contributed by atoms with E-state index in [2.05, 4.69) is 22.1 Å². The predicted octanol–water partition coefficient (Wildman–Crippen LogP) is 2.57. The van der Waals surface area contributed by atoms with Gasteiger partial charge in [-0.15, -0.1) is 0 Å². The van der Waals surface area contributed by atoms with E-state index in [0.29, 0.717) is 17.4 Å². The van der Waals surface area contributed by atoms with Crippen LogP contribution in [0.25, 0.3) is 10.8 Å². The molecule has 0 unspecified atom stereocenters. The first-order chi connectivity index (χ1) is 9.61. The van der Waals surface area contributed by atoms with E-state index < -0.39 is 0 Å². The summed E-state index contributed by atoms with van der Waals surface area (Å²) in [4.78, 5) is 18.3. The summed E-state index contributed by atoms with van der Waals surface area (Å²) in [5.41, 5.74) is 0.354. The standard InChI is InChI=1S/C15H18ClN3O/c1-3-19(2)9-8-17-15(20)13-10-11-6-4-5-7-12(11)14(16)18-13/h4-7,10H,3,8-9H2,1-2H3,(H,17,20). The van der Waals surface area contributed by atoms with Gasteiger partial charge in [0.15, 0.2) is 0 Å². The van der Waals surface area contributed by atoms with Gasteiger partial charge in [-0.2, -0.15) is 0 Å². The fourth-order valence-corrected chi connectivity index (χ4v) is 2.14. The second-order valence-corrected chi connectivity index (χ2v) is 5.03. The first kappa shape index (κ1) is 14.8. The van der Waals surface area contributed by atoms with Crippen LogP contribution in [0.2, 0.25) is 5.15 Å². The van der Waals surface area contributed by atoms with Crippen LogP contribution in [-0.2, 0) is 0 Å². The molecule has 1 N–H and O–H groups in total. The second-order valence-electron chi connectivity index (χ2n) is 4.67. The fraction of sp³-hybridized carbons (Fsp3) is 0.333. The van der Waals surface area contributed by atoms with E-state index in [0.717, 1.165) is 23.9 Å². The first-order valence-corrected chi connectivity index (χ1v) is 7.01. The van der Waals surface area contributed by atoms with Gasteiger partial charge >= 0.3 is 0 Å². The van der Waals surface area contributed by atoms with Crippen molar-refractivity contribution in [3.05, 3.63) is 41.2 Å². The van der Waals surface area contributed by atoms with Crippen molar-refractivity contribution < 1.29 is 4.79 Å². The van der Waals surface area contributed by atoms with Gasteiger partial charge in [0.05, 0.1) is 0 Å². The molecule has 0 radical (unpaired) electrons. The molecule has 1 amide bonds.